The normalized spacial score (nSPS) is 18.0. The maximum Gasteiger partial charge on any atom is 0.191 e. The Morgan fingerprint density at radius 2 is 2.10 bits per heavy atom. The van der Waals surface area contributed by atoms with Crippen LogP contribution >= 0.6 is 24.0 Å². The first-order chi connectivity index (χ1) is 14.5. The van der Waals surface area contributed by atoms with Gasteiger partial charge in [-0.05, 0) is 45.3 Å². The van der Waals surface area contributed by atoms with Crippen LogP contribution in [0.4, 0.5) is 0 Å². The minimum Gasteiger partial charge on any atom is -0.387 e. The summed E-state index contributed by atoms with van der Waals surface area (Å²) in [6.45, 7) is 10.0. The minimum atomic E-state index is -0.604. The predicted molar refractivity (Wildman–Crippen MR) is 135 cm³/mol. The Bertz CT molecular complexity index is 854. The number of aromatic nitrogens is 3. The van der Waals surface area contributed by atoms with Crippen LogP contribution in [0.25, 0.3) is 0 Å². The van der Waals surface area contributed by atoms with E-state index in [2.05, 4.69) is 32.7 Å². The molecule has 2 unspecified atom stereocenters. The van der Waals surface area contributed by atoms with Gasteiger partial charge in [0, 0.05) is 26.2 Å². The summed E-state index contributed by atoms with van der Waals surface area (Å²) in [4.78, 5) is 7.20. The predicted octanol–water partition coefficient (Wildman–Crippen LogP) is 2.30. The molecule has 2 atom stereocenters. The third kappa shape index (κ3) is 7.15. The maximum absolute atomic E-state index is 10.6. The molecule has 8 nitrogen and oxygen atoms in total. The summed E-state index contributed by atoms with van der Waals surface area (Å²) >= 11 is 0. The van der Waals surface area contributed by atoms with Gasteiger partial charge in [-0.3, -0.25) is 4.90 Å². The highest BCUT2D eigenvalue weighted by Gasteiger charge is 2.23. The van der Waals surface area contributed by atoms with Gasteiger partial charge in [0.05, 0.1) is 6.10 Å². The van der Waals surface area contributed by atoms with Crippen molar-refractivity contribution in [2.45, 2.75) is 52.3 Å². The van der Waals surface area contributed by atoms with Gasteiger partial charge < -0.3 is 20.3 Å². The molecule has 0 saturated carbocycles. The van der Waals surface area contributed by atoms with Crippen molar-refractivity contribution in [1.29, 1.82) is 0 Å². The quantitative estimate of drug-likeness (QED) is 0.270. The monoisotopic (exact) mass is 541 g/mol. The Labute approximate surface area is 202 Å². The number of halogens is 1. The molecular weight excluding hydrogens is 505 g/mol. The number of aliphatic imine (C=N–C) groups is 1. The molecule has 0 spiro atoms. The van der Waals surface area contributed by atoms with Crippen LogP contribution in [0, 0.1) is 13.8 Å². The zero-order valence-electron chi connectivity index (χ0n) is 19.0. The number of hydrogen-bond acceptors (Lipinski definition) is 5. The molecule has 3 rings (SSSR count). The van der Waals surface area contributed by atoms with E-state index in [1.54, 1.807) is 0 Å². The Morgan fingerprint density at radius 1 is 1.29 bits per heavy atom. The van der Waals surface area contributed by atoms with Gasteiger partial charge in [0.15, 0.2) is 11.8 Å². The number of likely N-dealkylation sites (tertiary alicyclic amines) is 1. The summed E-state index contributed by atoms with van der Waals surface area (Å²) in [6, 6.07) is 8.47. The minimum absolute atomic E-state index is 0. The van der Waals surface area contributed by atoms with Crippen LogP contribution in [0.3, 0.4) is 0 Å². The molecule has 0 bridgehead atoms. The van der Waals surface area contributed by atoms with Crippen LogP contribution in [0.1, 0.15) is 48.6 Å². The lowest BCUT2D eigenvalue weighted by molar-refractivity contribution is 0.180. The standard InChI is InChI=1S/C22H35N7O.HI/c1-5-29-11-7-10-19(29)13-23-22(25-15-21-27-26-17(3)28(21)4)24-14-20(30)18-9-6-8-16(2)12-18;/h6,8-9,12,19-20,30H,5,7,10-11,13-15H2,1-4H3,(H2,23,24,25);1H. The molecular formula is C22H36IN7O. The second kappa shape index (κ2) is 12.4. The molecule has 9 heteroatoms. The number of benzene rings is 1. The van der Waals surface area contributed by atoms with Gasteiger partial charge in [0.25, 0.3) is 0 Å². The molecule has 172 valence electrons. The SMILES string of the molecule is CCN1CCCC1CNC(=NCc1nnc(C)n1C)NCC(O)c1cccc(C)c1.I. The second-order valence-electron chi connectivity index (χ2n) is 8.00. The fourth-order valence-electron chi connectivity index (χ4n) is 3.86. The maximum atomic E-state index is 10.6. The average molecular weight is 541 g/mol. The van der Waals surface area contributed by atoms with Crippen molar-refractivity contribution in [3.05, 3.63) is 47.0 Å². The summed E-state index contributed by atoms with van der Waals surface area (Å²) in [6.07, 6.45) is 1.83. The lowest BCUT2D eigenvalue weighted by atomic mass is 10.1. The molecule has 1 fully saturated rings. The Hall–Kier alpha value is -1.72. The van der Waals surface area contributed by atoms with Crippen LogP contribution in [-0.2, 0) is 13.6 Å². The molecule has 1 aliphatic rings. The van der Waals surface area contributed by atoms with Gasteiger partial charge in [-0.15, -0.1) is 34.2 Å². The topological polar surface area (TPSA) is 90.6 Å². The Kier molecular flexibility index (Phi) is 10.2. The molecule has 3 N–H and O–H groups in total. The largest absolute Gasteiger partial charge is 0.387 e. The molecule has 1 saturated heterocycles. The van der Waals surface area contributed by atoms with Crippen molar-refractivity contribution in [3.8, 4) is 0 Å². The summed E-state index contributed by atoms with van der Waals surface area (Å²) < 4.78 is 1.94. The average Bonchev–Trinajstić information content (AvgIpc) is 3.33. The van der Waals surface area contributed by atoms with E-state index in [0.29, 0.717) is 25.1 Å². The molecule has 0 radical (unpaired) electrons. The molecule has 31 heavy (non-hydrogen) atoms. The van der Waals surface area contributed by atoms with Crippen LogP contribution in [-0.4, -0.2) is 63.0 Å². The third-order valence-electron chi connectivity index (χ3n) is 5.86. The van der Waals surface area contributed by atoms with Gasteiger partial charge in [-0.1, -0.05) is 36.8 Å². The fourth-order valence-corrected chi connectivity index (χ4v) is 3.86. The first-order valence-corrected chi connectivity index (χ1v) is 10.8. The van der Waals surface area contributed by atoms with E-state index in [1.165, 1.54) is 12.8 Å². The number of nitrogens with one attached hydrogen (secondary N) is 2. The van der Waals surface area contributed by atoms with Crippen molar-refractivity contribution in [1.82, 2.24) is 30.3 Å². The number of likely N-dealkylation sites (N-methyl/N-ethyl adjacent to an activating group) is 1. The van der Waals surface area contributed by atoms with Crippen LogP contribution in [0.15, 0.2) is 29.3 Å². The number of aliphatic hydroxyl groups is 1. The van der Waals surface area contributed by atoms with Crippen molar-refractivity contribution in [2.24, 2.45) is 12.0 Å². The molecule has 0 amide bonds. The van der Waals surface area contributed by atoms with Crippen molar-refractivity contribution >= 4 is 29.9 Å². The number of hydrogen-bond donors (Lipinski definition) is 3. The molecule has 1 aromatic carbocycles. The lowest BCUT2D eigenvalue weighted by Gasteiger charge is -2.24. The third-order valence-corrected chi connectivity index (χ3v) is 5.86. The number of rotatable bonds is 8. The highest BCUT2D eigenvalue weighted by molar-refractivity contribution is 14.0. The molecule has 2 heterocycles. The summed E-state index contributed by atoms with van der Waals surface area (Å²) in [7, 11) is 1.94. The van der Waals surface area contributed by atoms with Crippen LogP contribution in [0.5, 0.6) is 0 Å². The smallest absolute Gasteiger partial charge is 0.191 e. The van der Waals surface area contributed by atoms with E-state index >= 15 is 0 Å². The first-order valence-electron chi connectivity index (χ1n) is 10.8. The van der Waals surface area contributed by atoms with E-state index < -0.39 is 6.10 Å². The van der Waals surface area contributed by atoms with E-state index in [9.17, 15) is 5.11 Å². The van der Waals surface area contributed by atoms with E-state index in [-0.39, 0.29) is 24.0 Å². The molecule has 1 aromatic heterocycles. The number of aliphatic hydroxyl groups excluding tert-OH is 1. The highest BCUT2D eigenvalue weighted by atomic mass is 127. The molecule has 2 aromatic rings. The number of aryl methyl sites for hydroxylation is 2. The highest BCUT2D eigenvalue weighted by Crippen LogP contribution is 2.16. The van der Waals surface area contributed by atoms with Gasteiger partial charge in [-0.25, -0.2) is 4.99 Å². The summed E-state index contributed by atoms with van der Waals surface area (Å²) in [5.41, 5.74) is 2.04. The van der Waals surface area contributed by atoms with Gasteiger partial charge >= 0.3 is 0 Å². The summed E-state index contributed by atoms with van der Waals surface area (Å²) in [5, 5.41) is 25.7. The van der Waals surface area contributed by atoms with Crippen LogP contribution < -0.4 is 10.6 Å². The zero-order chi connectivity index (χ0) is 21.5. The van der Waals surface area contributed by atoms with Crippen molar-refractivity contribution in [2.75, 3.05) is 26.2 Å². The Morgan fingerprint density at radius 3 is 2.77 bits per heavy atom. The number of nitrogens with zero attached hydrogens (tertiary/aromatic N) is 5. The van der Waals surface area contributed by atoms with Crippen molar-refractivity contribution in [3.63, 3.8) is 0 Å². The van der Waals surface area contributed by atoms with E-state index in [0.717, 1.165) is 42.4 Å². The van der Waals surface area contributed by atoms with Gasteiger partial charge in [-0.2, -0.15) is 0 Å². The Balaban J connectivity index is 0.00000341. The summed E-state index contributed by atoms with van der Waals surface area (Å²) in [5.74, 6) is 2.36. The van der Waals surface area contributed by atoms with Crippen molar-refractivity contribution < 1.29 is 5.11 Å². The second-order valence-corrected chi connectivity index (χ2v) is 8.00. The zero-order valence-corrected chi connectivity index (χ0v) is 21.3. The van der Waals surface area contributed by atoms with E-state index in [4.69, 9.17) is 4.99 Å². The lowest BCUT2D eigenvalue weighted by Crippen LogP contribution is -2.45. The first kappa shape index (κ1) is 25.5. The fraction of sp³-hybridized carbons (Fsp3) is 0.591. The van der Waals surface area contributed by atoms with Gasteiger partial charge in [0.1, 0.15) is 12.4 Å². The molecule has 1 aliphatic heterocycles. The van der Waals surface area contributed by atoms with Crippen LogP contribution in [0.2, 0.25) is 0 Å². The van der Waals surface area contributed by atoms with Gasteiger partial charge in [0.2, 0.25) is 0 Å². The van der Waals surface area contributed by atoms with E-state index in [1.807, 2.05) is 49.7 Å². The molecule has 0 aliphatic carbocycles. The number of guanidine groups is 1.